The Kier molecular flexibility index (Phi) is 4.76. The molecule has 2 rings (SSSR count). The zero-order valence-electron chi connectivity index (χ0n) is 10.5. The molecule has 110 valence electrons. The van der Waals surface area contributed by atoms with Gasteiger partial charge in [0.05, 0.1) is 5.75 Å². The molecule has 0 atom stereocenters. The van der Waals surface area contributed by atoms with Crippen LogP contribution in [0.25, 0.3) is 0 Å². The van der Waals surface area contributed by atoms with Crippen molar-refractivity contribution in [2.24, 2.45) is 0 Å². The minimum absolute atomic E-state index is 0.0990. The molecule has 0 radical (unpaired) electrons. The standard InChI is InChI=1S/C12H9Cl2N3O3S/c13-10-2-1-8(6-16-10)7-21(19,20)17-12(18)9-3-4-15-11(14)5-9/h1-6H,7H2,(H,17,18). The van der Waals surface area contributed by atoms with E-state index in [1.807, 2.05) is 4.72 Å². The summed E-state index contributed by atoms with van der Waals surface area (Å²) in [6.45, 7) is 0. The van der Waals surface area contributed by atoms with E-state index < -0.39 is 15.9 Å². The van der Waals surface area contributed by atoms with Crippen LogP contribution in [-0.2, 0) is 15.8 Å². The van der Waals surface area contributed by atoms with Crippen molar-refractivity contribution in [3.8, 4) is 0 Å². The van der Waals surface area contributed by atoms with Crippen molar-refractivity contribution in [2.75, 3.05) is 0 Å². The Morgan fingerprint density at radius 3 is 2.52 bits per heavy atom. The molecule has 0 unspecified atom stereocenters. The van der Waals surface area contributed by atoms with Crippen LogP contribution >= 0.6 is 23.2 Å². The second kappa shape index (κ2) is 6.38. The van der Waals surface area contributed by atoms with Gasteiger partial charge < -0.3 is 0 Å². The molecular formula is C12H9Cl2N3O3S. The number of carbonyl (C=O) groups is 1. The van der Waals surface area contributed by atoms with Gasteiger partial charge in [-0.25, -0.2) is 23.1 Å². The number of aromatic nitrogens is 2. The zero-order valence-corrected chi connectivity index (χ0v) is 12.8. The second-order valence-corrected chi connectivity index (χ2v) is 6.54. The summed E-state index contributed by atoms with van der Waals surface area (Å²) in [5.74, 6) is -1.16. The number of nitrogens with one attached hydrogen (secondary N) is 1. The first-order valence-corrected chi connectivity index (χ1v) is 8.03. The average molecular weight is 346 g/mol. The van der Waals surface area contributed by atoms with Crippen LogP contribution < -0.4 is 4.72 Å². The molecule has 0 bridgehead atoms. The average Bonchev–Trinajstić information content (AvgIpc) is 2.40. The maximum Gasteiger partial charge on any atom is 0.264 e. The van der Waals surface area contributed by atoms with Crippen LogP contribution in [0.15, 0.2) is 36.7 Å². The van der Waals surface area contributed by atoms with Crippen LogP contribution in [0.4, 0.5) is 0 Å². The molecule has 6 nitrogen and oxygen atoms in total. The van der Waals surface area contributed by atoms with Gasteiger partial charge in [-0.3, -0.25) is 4.79 Å². The van der Waals surface area contributed by atoms with Crippen molar-refractivity contribution in [1.29, 1.82) is 0 Å². The summed E-state index contributed by atoms with van der Waals surface area (Å²) in [6, 6.07) is 5.62. The molecule has 0 spiro atoms. The molecule has 0 aliphatic rings. The Balaban J connectivity index is 2.10. The van der Waals surface area contributed by atoms with E-state index in [0.717, 1.165) is 0 Å². The van der Waals surface area contributed by atoms with Gasteiger partial charge in [0.1, 0.15) is 10.3 Å². The highest BCUT2D eigenvalue weighted by molar-refractivity contribution is 7.89. The summed E-state index contributed by atoms with van der Waals surface area (Å²) in [5.41, 5.74) is 0.514. The lowest BCUT2D eigenvalue weighted by Crippen LogP contribution is -2.31. The molecule has 0 aliphatic carbocycles. The first-order chi connectivity index (χ1) is 9.85. The van der Waals surface area contributed by atoms with E-state index in [0.29, 0.717) is 5.56 Å². The molecule has 0 saturated heterocycles. The summed E-state index contributed by atoms with van der Waals surface area (Å²) in [7, 11) is -3.85. The van der Waals surface area contributed by atoms with Gasteiger partial charge in [0.25, 0.3) is 5.91 Å². The van der Waals surface area contributed by atoms with Crippen molar-refractivity contribution < 1.29 is 13.2 Å². The van der Waals surface area contributed by atoms with Gasteiger partial charge in [-0.15, -0.1) is 0 Å². The molecule has 0 fully saturated rings. The molecule has 9 heteroatoms. The van der Waals surface area contributed by atoms with E-state index in [-0.39, 0.29) is 21.6 Å². The third kappa shape index (κ3) is 4.66. The number of rotatable bonds is 4. The minimum Gasteiger partial charge on any atom is -0.268 e. The van der Waals surface area contributed by atoms with Gasteiger partial charge in [0.15, 0.2) is 0 Å². The largest absolute Gasteiger partial charge is 0.268 e. The van der Waals surface area contributed by atoms with Crippen molar-refractivity contribution in [2.45, 2.75) is 5.75 Å². The molecule has 1 amide bonds. The normalized spacial score (nSPS) is 11.1. The number of hydrogen-bond donors (Lipinski definition) is 1. The highest BCUT2D eigenvalue weighted by Gasteiger charge is 2.17. The second-order valence-electron chi connectivity index (χ2n) is 4.05. The van der Waals surface area contributed by atoms with Gasteiger partial charge >= 0.3 is 0 Å². The number of sulfonamides is 1. The summed E-state index contributed by atoms with van der Waals surface area (Å²) < 4.78 is 25.8. The lowest BCUT2D eigenvalue weighted by Gasteiger charge is -2.07. The topological polar surface area (TPSA) is 89.0 Å². The van der Waals surface area contributed by atoms with Gasteiger partial charge in [-0.2, -0.15) is 0 Å². The molecule has 0 aliphatic heterocycles. The lowest BCUT2D eigenvalue weighted by atomic mass is 10.3. The molecule has 21 heavy (non-hydrogen) atoms. The molecule has 2 heterocycles. The van der Waals surface area contributed by atoms with Crippen LogP contribution in [0.3, 0.4) is 0 Å². The Labute approximate surface area is 131 Å². The maximum absolute atomic E-state index is 11.9. The van der Waals surface area contributed by atoms with Gasteiger partial charge in [-0.1, -0.05) is 29.3 Å². The summed E-state index contributed by atoms with van der Waals surface area (Å²) in [5, 5.41) is 0.355. The molecular weight excluding hydrogens is 337 g/mol. The number of nitrogens with zero attached hydrogens (tertiary/aromatic N) is 2. The van der Waals surface area contributed by atoms with Crippen molar-refractivity contribution in [3.63, 3.8) is 0 Å². The Morgan fingerprint density at radius 1 is 1.14 bits per heavy atom. The number of amides is 1. The Hall–Kier alpha value is -1.70. The lowest BCUT2D eigenvalue weighted by molar-refractivity contribution is 0.0981. The molecule has 0 aromatic carbocycles. The Bertz CT molecular complexity index is 764. The van der Waals surface area contributed by atoms with Crippen molar-refractivity contribution >= 4 is 39.1 Å². The van der Waals surface area contributed by atoms with Gasteiger partial charge in [0, 0.05) is 18.0 Å². The third-order valence-corrected chi connectivity index (χ3v) is 4.02. The monoisotopic (exact) mass is 345 g/mol. The quantitative estimate of drug-likeness (QED) is 0.856. The summed E-state index contributed by atoms with van der Waals surface area (Å²) >= 11 is 11.3. The molecule has 2 aromatic heterocycles. The number of pyridine rings is 2. The first-order valence-electron chi connectivity index (χ1n) is 5.62. The van der Waals surface area contributed by atoms with Crippen LogP contribution in [0.5, 0.6) is 0 Å². The van der Waals surface area contributed by atoms with E-state index in [1.54, 1.807) is 0 Å². The Morgan fingerprint density at radius 2 is 1.90 bits per heavy atom. The van der Waals surface area contributed by atoms with E-state index >= 15 is 0 Å². The maximum atomic E-state index is 11.9. The van der Waals surface area contributed by atoms with Crippen LogP contribution in [-0.4, -0.2) is 24.3 Å². The van der Waals surface area contributed by atoms with Crippen molar-refractivity contribution in [3.05, 3.63) is 58.1 Å². The third-order valence-electron chi connectivity index (χ3n) is 2.38. The molecule has 1 N–H and O–H groups in total. The van der Waals surface area contributed by atoms with Gasteiger partial charge in [0.2, 0.25) is 10.0 Å². The molecule has 0 saturated carbocycles. The van der Waals surface area contributed by atoms with Crippen LogP contribution in [0.1, 0.15) is 15.9 Å². The predicted octanol–water partition coefficient (Wildman–Crippen LogP) is 2.04. The highest BCUT2D eigenvalue weighted by Crippen LogP contribution is 2.10. The van der Waals surface area contributed by atoms with E-state index in [1.165, 1.54) is 36.7 Å². The summed E-state index contributed by atoms with van der Waals surface area (Å²) in [4.78, 5) is 19.3. The molecule has 2 aromatic rings. The van der Waals surface area contributed by atoms with Gasteiger partial charge in [-0.05, 0) is 23.8 Å². The highest BCUT2D eigenvalue weighted by atomic mass is 35.5. The van der Waals surface area contributed by atoms with E-state index in [9.17, 15) is 13.2 Å². The zero-order chi connectivity index (χ0) is 15.5. The fourth-order valence-corrected chi connectivity index (χ4v) is 2.86. The smallest absolute Gasteiger partial charge is 0.264 e. The van der Waals surface area contributed by atoms with Crippen LogP contribution in [0, 0.1) is 0 Å². The van der Waals surface area contributed by atoms with Crippen LogP contribution in [0.2, 0.25) is 10.3 Å². The summed E-state index contributed by atoms with van der Waals surface area (Å²) in [6.07, 6.45) is 2.64. The van der Waals surface area contributed by atoms with Crippen molar-refractivity contribution in [1.82, 2.24) is 14.7 Å². The minimum atomic E-state index is -3.85. The number of halogens is 2. The fraction of sp³-hybridized carbons (Fsp3) is 0.0833. The van der Waals surface area contributed by atoms with E-state index in [2.05, 4.69) is 9.97 Å². The van der Waals surface area contributed by atoms with E-state index in [4.69, 9.17) is 23.2 Å². The number of carbonyl (C=O) groups excluding carboxylic acids is 1. The SMILES string of the molecule is O=C(NS(=O)(=O)Cc1ccc(Cl)nc1)c1ccnc(Cl)c1. The fourth-order valence-electron chi connectivity index (χ4n) is 1.49. The predicted molar refractivity (Wildman–Crippen MR) is 78.6 cm³/mol. The first kappa shape index (κ1) is 15.7. The number of hydrogen-bond acceptors (Lipinski definition) is 5.